The average molecular weight is 243 g/mol. The minimum absolute atomic E-state index is 0.0508. The molecule has 0 spiro atoms. The van der Waals surface area contributed by atoms with Crippen LogP contribution in [0.3, 0.4) is 0 Å². The molecule has 0 unspecified atom stereocenters. The number of carbonyl (C=O) groups is 1. The summed E-state index contributed by atoms with van der Waals surface area (Å²) in [4.78, 5) is 11.4. The van der Waals surface area contributed by atoms with Crippen LogP contribution >= 0.6 is 0 Å². The van der Waals surface area contributed by atoms with E-state index in [-0.39, 0.29) is 5.91 Å². The lowest BCUT2D eigenvalue weighted by Crippen LogP contribution is -2.46. The molecule has 1 fully saturated rings. The summed E-state index contributed by atoms with van der Waals surface area (Å²) in [6, 6.07) is 0. The number of carbonyl (C=O) groups excluding carboxylic acids is 1. The lowest BCUT2D eigenvalue weighted by Gasteiger charge is -2.40. The molecular weight excluding hydrogens is 218 g/mol. The third-order valence-electron chi connectivity index (χ3n) is 3.68. The fraction of sp³-hybridized carbons (Fsp3) is 0.923. The molecular formula is C13H25NO3. The van der Waals surface area contributed by atoms with Gasteiger partial charge in [-0.1, -0.05) is 13.8 Å². The highest BCUT2D eigenvalue weighted by Gasteiger charge is 2.36. The van der Waals surface area contributed by atoms with Gasteiger partial charge in [-0.15, -0.1) is 0 Å². The van der Waals surface area contributed by atoms with E-state index in [2.05, 4.69) is 19.2 Å². The largest absolute Gasteiger partial charge is 0.388 e. The summed E-state index contributed by atoms with van der Waals surface area (Å²) in [7, 11) is 1.57. The number of rotatable bonds is 5. The monoisotopic (exact) mass is 243 g/mol. The number of amides is 1. The summed E-state index contributed by atoms with van der Waals surface area (Å²) >= 11 is 0. The van der Waals surface area contributed by atoms with E-state index < -0.39 is 5.60 Å². The lowest BCUT2D eigenvalue weighted by molar-refractivity contribution is -0.123. The van der Waals surface area contributed by atoms with E-state index in [4.69, 9.17) is 4.74 Å². The second-order valence-corrected chi connectivity index (χ2v) is 5.91. The van der Waals surface area contributed by atoms with Crippen molar-refractivity contribution >= 4 is 5.91 Å². The van der Waals surface area contributed by atoms with Gasteiger partial charge in [0, 0.05) is 20.1 Å². The summed E-state index contributed by atoms with van der Waals surface area (Å²) in [5.41, 5.74) is -0.384. The number of hydrogen-bond acceptors (Lipinski definition) is 3. The Morgan fingerprint density at radius 1 is 1.29 bits per heavy atom. The Labute approximate surface area is 104 Å². The van der Waals surface area contributed by atoms with Crippen molar-refractivity contribution in [1.29, 1.82) is 0 Å². The molecule has 1 saturated carbocycles. The predicted octanol–water partition coefficient (Wildman–Crippen LogP) is 1.47. The molecule has 0 atom stereocenters. The van der Waals surface area contributed by atoms with Crippen LogP contribution in [0, 0.1) is 5.41 Å². The van der Waals surface area contributed by atoms with Gasteiger partial charge in [0.05, 0.1) is 12.2 Å². The molecule has 1 amide bonds. The zero-order valence-corrected chi connectivity index (χ0v) is 11.2. The molecule has 0 aromatic carbocycles. The predicted molar refractivity (Wildman–Crippen MR) is 66.7 cm³/mol. The van der Waals surface area contributed by atoms with Crippen LogP contribution in [-0.4, -0.2) is 36.9 Å². The molecule has 1 rings (SSSR count). The molecule has 0 bridgehead atoms. The van der Waals surface area contributed by atoms with Gasteiger partial charge in [0.2, 0.25) is 5.91 Å². The van der Waals surface area contributed by atoms with Crippen molar-refractivity contribution in [3.05, 3.63) is 0 Å². The number of ether oxygens (including phenoxy) is 1. The van der Waals surface area contributed by atoms with Gasteiger partial charge >= 0.3 is 0 Å². The Balaban J connectivity index is 2.29. The van der Waals surface area contributed by atoms with Crippen molar-refractivity contribution in [3.63, 3.8) is 0 Å². The van der Waals surface area contributed by atoms with Gasteiger partial charge in [-0.05, 0) is 31.1 Å². The van der Waals surface area contributed by atoms with Crippen LogP contribution in [0.1, 0.15) is 46.0 Å². The number of aliphatic hydroxyl groups is 1. The molecule has 4 heteroatoms. The molecule has 1 aliphatic carbocycles. The highest BCUT2D eigenvalue weighted by Crippen LogP contribution is 2.39. The standard InChI is InChI=1S/C13H25NO3/c1-12(2)5-7-13(16,8-6-12)10-14-11(15)4-9-17-3/h16H,4-10H2,1-3H3,(H,14,15). The van der Waals surface area contributed by atoms with Crippen molar-refractivity contribution in [1.82, 2.24) is 5.32 Å². The van der Waals surface area contributed by atoms with E-state index in [1.165, 1.54) is 0 Å². The van der Waals surface area contributed by atoms with Gasteiger partial charge < -0.3 is 15.2 Å². The number of methoxy groups -OCH3 is 1. The maximum Gasteiger partial charge on any atom is 0.222 e. The fourth-order valence-corrected chi connectivity index (χ4v) is 2.12. The Morgan fingerprint density at radius 2 is 1.88 bits per heavy atom. The quantitative estimate of drug-likeness (QED) is 0.768. The zero-order chi connectivity index (χ0) is 12.9. The van der Waals surface area contributed by atoms with Gasteiger partial charge in [0.1, 0.15) is 0 Å². The summed E-state index contributed by atoms with van der Waals surface area (Å²) in [6.45, 7) is 5.25. The molecule has 1 aliphatic rings. The topological polar surface area (TPSA) is 58.6 Å². The molecule has 4 nitrogen and oxygen atoms in total. The van der Waals surface area contributed by atoms with Crippen LogP contribution in [0.5, 0.6) is 0 Å². The van der Waals surface area contributed by atoms with Crippen molar-refractivity contribution < 1.29 is 14.6 Å². The first-order chi connectivity index (χ1) is 7.87. The van der Waals surface area contributed by atoms with Crippen LogP contribution < -0.4 is 5.32 Å². The van der Waals surface area contributed by atoms with Crippen LogP contribution in [0.2, 0.25) is 0 Å². The van der Waals surface area contributed by atoms with E-state index >= 15 is 0 Å². The molecule has 0 heterocycles. The molecule has 0 aromatic rings. The lowest BCUT2D eigenvalue weighted by atomic mass is 9.71. The minimum atomic E-state index is -0.710. The molecule has 100 valence electrons. The third-order valence-corrected chi connectivity index (χ3v) is 3.68. The minimum Gasteiger partial charge on any atom is -0.388 e. The number of nitrogens with one attached hydrogen (secondary N) is 1. The Hall–Kier alpha value is -0.610. The summed E-state index contributed by atoms with van der Waals surface area (Å²) in [5.74, 6) is -0.0508. The summed E-state index contributed by atoms with van der Waals surface area (Å²) in [6.07, 6.45) is 3.92. The van der Waals surface area contributed by atoms with E-state index in [1.54, 1.807) is 7.11 Å². The van der Waals surface area contributed by atoms with Crippen molar-refractivity contribution in [3.8, 4) is 0 Å². The second kappa shape index (κ2) is 5.83. The first kappa shape index (κ1) is 14.5. The Kier molecular flexibility index (Phi) is 4.95. The third kappa shape index (κ3) is 5.04. The van der Waals surface area contributed by atoms with Crippen LogP contribution in [0.15, 0.2) is 0 Å². The van der Waals surface area contributed by atoms with E-state index in [1.807, 2.05) is 0 Å². The summed E-state index contributed by atoms with van der Waals surface area (Å²) < 4.78 is 4.83. The maximum atomic E-state index is 11.4. The molecule has 0 aliphatic heterocycles. The second-order valence-electron chi connectivity index (χ2n) is 5.91. The molecule has 0 saturated heterocycles. The van der Waals surface area contributed by atoms with Crippen molar-refractivity contribution in [2.75, 3.05) is 20.3 Å². The van der Waals surface area contributed by atoms with Gasteiger partial charge in [0.25, 0.3) is 0 Å². The van der Waals surface area contributed by atoms with Crippen LogP contribution in [0.4, 0.5) is 0 Å². The van der Waals surface area contributed by atoms with E-state index in [0.717, 1.165) is 25.7 Å². The van der Waals surface area contributed by atoms with Gasteiger partial charge in [-0.3, -0.25) is 4.79 Å². The fourth-order valence-electron chi connectivity index (χ4n) is 2.12. The van der Waals surface area contributed by atoms with E-state index in [9.17, 15) is 9.90 Å². The maximum absolute atomic E-state index is 11.4. The molecule has 17 heavy (non-hydrogen) atoms. The molecule has 2 N–H and O–H groups in total. The van der Waals surface area contributed by atoms with Crippen LogP contribution in [0.25, 0.3) is 0 Å². The smallest absolute Gasteiger partial charge is 0.222 e. The summed E-state index contributed by atoms with van der Waals surface area (Å²) in [5, 5.41) is 13.1. The molecule has 0 aromatic heterocycles. The van der Waals surface area contributed by atoms with Gasteiger partial charge in [-0.2, -0.15) is 0 Å². The Bertz CT molecular complexity index is 253. The zero-order valence-electron chi connectivity index (χ0n) is 11.2. The Morgan fingerprint density at radius 3 is 2.41 bits per heavy atom. The van der Waals surface area contributed by atoms with Gasteiger partial charge in [0.15, 0.2) is 0 Å². The highest BCUT2D eigenvalue weighted by atomic mass is 16.5. The van der Waals surface area contributed by atoms with E-state index in [0.29, 0.717) is 25.0 Å². The molecule has 0 radical (unpaired) electrons. The highest BCUT2D eigenvalue weighted by molar-refractivity contribution is 5.76. The van der Waals surface area contributed by atoms with Gasteiger partial charge in [-0.25, -0.2) is 0 Å². The van der Waals surface area contributed by atoms with Crippen molar-refractivity contribution in [2.45, 2.75) is 51.6 Å². The number of hydrogen-bond donors (Lipinski definition) is 2. The SMILES string of the molecule is COCCC(=O)NCC1(O)CCC(C)(C)CC1. The average Bonchev–Trinajstić information content (AvgIpc) is 2.29. The first-order valence-corrected chi connectivity index (χ1v) is 6.35. The first-order valence-electron chi connectivity index (χ1n) is 6.35. The van der Waals surface area contributed by atoms with Crippen LogP contribution in [-0.2, 0) is 9.53 Å². The normalized spacial score (nSPS) is 22.1. The van der Waals surface area contributed by atoms with Crippen molar-refractivity contribution in [2.24, 2.45) is 5.41 Å².